The molecule has 0 heterocycles. The smallest absolute Gasteiger partial charge is 0.438 e. The SMILES string of the molecule is CCO[Si](CCCN)(OCC)OCC.NCCC[SiH2]O. The molecule has 0 saturated heterocycles. The number of hydrogen-bond donors (Lipinski definition) is 3. The topological polar surface area (TPSA) is 100.0 Å². The molecule has 0 aromatic rings. The van der Waals surface area contributed by atoms with Gasteiger partial charge >= 0.3 is 8.80 Å². The van der Waals surface area contributed by atoms with Gasteiger partial charge < -0.3 is 29.5 Å². The second-order valence-corrected chi connectivity index (χ2v) is 7.98. The summed E-state index contributed by atoms with van der Waals surface area (Å²) < 4.78 is 17.0. The molecule has 0 aromatic carbocycles. The molecular weight excluding hydrogens is 292 g/mol. The highest BCUT2D eigenvalue weighted by molar-refractivity contribution is 6.60. The van der Waals surface area contributed by atoms with E-state index in [2.05, 4.69) is 0 Å². The molecule has 20 heavy (non-hydrogen) atoms. The molecule has 8 heteroatoms. The average Bonchev–Trinajstić information content (AvgIpc) is 2.44. The number of hydrogen-bond acceptors (Lipinski definition) is 6. The van der Waals surface area contributed by atoms with E-state index >= 15 is 0 Å². The molecule has 0 radical (unpaired) electrons. The van der Waals surface area contributed by atoms with Crippen LogP contribution in [0.3, 0.4) is 0 Å². The lowest BCUT2D eigenvalue weighted by Crippen LogP contribution is -2.46. The van der Waals surface area contributed by atoms with Crippen molar-refractivity contribution in [2.45, 2.75) is 45.7 Å². The van der Waals surface area contributed by atoms with Crippen LogP contribution < -0.4 is 11.5 Å². The van der Waals surface area contributed by atoms with Crippen molar-refractivity contribution in [3.8, 4) is 0 Å². The van der Waals surface area contributed by atoms with Crippen LogP contribution in [0.25, 0.3) is 0 Å². The van der Waals surface area contributed by atoms with E-state index in [1.54, 1.807) is 0 Å². The fourth-order valence-electron chi connectivity index (χ4n) is 1.58. The van der Waals surface area contributed by atoms with E-state index in [1.807, 2.05) is 20.8 Å². The van der Waals surface area contributed by atoms with Crippen molar-refractivity contribution < 1.29 is 18.1 Å². The summed E-state index contributed by atoms with van der Waals surface area (Å²) in [5.41, 5.74) is 10.6. The van der Waals surface area contributed by atoms with E-state index in [1.165, 1.54) is 0 Å². The highest BCUT2D eigenvalue weighted by atomic mass is 28.4. The van der Waals surface area contributed by atoms with Gasteiger partial charge in [0, 0.05) is 25.9 Å². The lowest BCUT2D eigenvalue weighted by molar-refractivity contribution is 0.0710. The maximum absolute atomic E-state index is 8.28. The molecule has 0 aliphatic rings. The van der Waals surface area contributed by atoms with Crippen LogP contribution >= 0.6 is 0 Å². The van der Waals surface area contributed by atoms with Crippen LogP contribution in [0.2, 0.25) is 12.1 Å². The van der Waals surface area contributed by atoms with Crippen molar-refractivity contribution in [3.63, 3.8) is 0 Å². The summed E-state index contributed by atoms with van der Waals surface area (Å²) in [5.74, 6) is 0. The summed E-state index contributed by atoms with van der Waals surface area (Å²) in [6.45, 7) is 9.17. The summed E-state index contributed by atoms with van der Waals surface area (Å²) in [6, 6.07) is 1.80. The molecule has 5 N–H and O–H groups in total. The van der Waals surface area contributed by atoms with E-state index < -0.39 is 18.6 Å². The first-order chi connectivity index (χ1) is 9.66. The van der Waals surface area contributed by atoms with Gasteiger partial charge in [-0.3, -0.25) is 0 Å². The summed E-state index contributed by atoms with van der Waals surface area (Å²) in [6.07, 6.45) is 1.90. The van der Waals surface area contributed by atoms with Crippen molar-refractivity contribution in [1.82, 2.24) is 0 Å². The van der Waals surface area contributed by atoms with Gasteiger partial charge in [0.05, 0.1) is 0 Å². The van der Waals surface area contributed by atoms with Crippen LogP contribution in [0.15, 0.2) is 0 Å². The summed E-state index contributed by atoms with van der Waals surface area (Å²) >= 11 is 0. The van der Waals surface area contributed by atoms with Crippen LogP contribution in [-0.4, -0.2) is 56.3 Å². The zero-order valence-electron chi connectivity index (χ0n) is 13.4. The fourth-order valence-corrected chi connectivity index (χ4v) is 4.73. The van der Waals surface area contributed by atoms with Gasteiger partial charge in [-0.1, -0.05) is 0 Å². The molecule has 0 unspecified atom stereocenters. The van der Waals surface area contributed by atoms with Gasteiger partial charge in [0.1, 0.15) is 0 Å². The Kier molecular flexibility index (Phi) is 19.4. The molecule has 0 bridgehead atoms. The van der Waals surface area contributed by atoms with Crippen molar-refractivity contribution >= 4 is 18.6 Å². The molecule has 124 valence electrons. The van der Waals surface area contributed by atoms with Gasteiger partial charge in [0.2, 0.25) is 0 Å². The van der Waals surface area contributed by atoms with Crippen molar-refractivity contribution in [1.29, 1.82) is 0 Å². The van der Waals surface area contributed by atoms with Crippen LogP contribution in [0.1, 0.15) is 33.6 Å². The first kappa shape index (κ1) is 22.5. The molecule has 0 amide bonds. The minimum Gasteiger partial charge on any atom is -0.438 e. The largest absolute Gasteiger partial charge is 0.500 e. The van der Waals surface area contributed by atoms with Gasteiger partial charge in [0.15, 0.2) is 9.76 Å². The Bertz CT molecular complexity index is 170. The van der Waals surface area contributed by atoms with Crippen molar-refractivity contribution in [3.05, 3.63) is 0 Å². The molecule has 0 atom stereocenters. The summed E-state index contributed by atoms with van der Waals surface area (Å²) in [7, 11) is -3.07. The maximum atomic E-state index is 8.28. The van der Waals surface area contributed by atoms with Gasteiger partial charge in [-0.2, -0.15) is 0 Å². The Morgan fingerprint density at radius 1 is 0.900 bits per heavy atom. The Labute approximate surface area is 127 Å². The maximum Gasteiger partial charge on any atom is 0.500 e. The molecular formula is C12H34N2O4Si2. The van der Waals surface area contributed by atoms with E-state index in [4.69, 9.17) is 29.5 Å². The Hall–Kier alpha value is 0.194. The Morgan fingerprint density at radius 2 is 1.35 bits per heavy atom. The van der Waals surface area contributed by atoms with E-state index in [0.29, 0.717) is 26.4 Å². The van der Waals surface area contributed by atoms with Gasteiger partial charge in [-0.15, -0.1) is 0 Å². The zero-order chi connectivity index (χ0) is 15.7. The lowest BCUT2D eigenvalue weighted by atomic mass is 10.5. The number of rotatable bonds is 12. The van der Waals surface area contributed by atoms with E-state index in [-0.39, 0.29) is 0 Å². The first-order valence-corrected chi connectivity index (χ1v) is 11.2. The van der Waals surface area contributed by atoms with E-state index in [0.717, 1.165) is 31.5 Å². The normalized spacial score (nSPS) is 11.7. The van der Waals surface area contributed by atoms with Gasteiger partial charge in [-0.05, 0) is 52.7 Å². The zero-order valence-corrected chi connectivity index (χ0v) is 15.8. The molecule has 0 fully saturated rings. The predicted molar refractivity (Wildman–Crippen MR) is 88.4 cm³/mol. The summed E-state index contributed by atoms with van der Waals surface area (Å²) in [4.78, 5) is 8.28. The van der Waals surface area contributed by atoms with Crippen molar-refractivity contribution in [2.24, 2.45) is 11.5 Å². The molecule has 0 spiro atoms. The Morgan fingerprint density at radius 3 is 1.60 bits per heavy atom. The highest BCUT2D eigenvalue weighted by Gasteiger charge is 2.39. The van der Waals surface area contributed by atoms with E-state index in [9.17, 15) is 0 Å². The standard InChI is InChI=1S/C9H23NO3Si.C3H11NOSi/c1-4-11-14(12-5-2,13-6-3)9-7-8-10;4-2-1-3-6-5/h4-10H2,1-3H3;5H,1-4,6H2. The lowest BCUT2D eigenvalue weighted by Gasteiger charge is -2.28. The van der Waals surface area contributed by atoms with Crippen molar-refractivity contribution in [2.75, 3.05) is 32.9 Å². The Balaban J connectivity index is 0. The molecule has 6 nitrogen and oxygen atoms in total. The van der Waals surface area contributed by atoms with Gasteiger partial charge in [-0.25, -0.2) is 0 Å². The fraction of sp³-hybridized carbons (Fsp3) is 1.00. The molecule has 0 saturated carbocycles. The average molecular weight is 327 g/mol. The monoisotopic (exact) mass is 326 g/mol. The minimum absolute atomic E-state index is 0.636. The highest BCUT2D eigenvalue weighted by Crippen LogP contribution is 2.17. The quantitative estimate of drug-likeness (QED) is 0.350. The van der Waals surface area contributed by atoms with Crippen LogP contribution in [0.4, 0.5) is 0 Å². The molecule has 0 rings (SSSR count). The van der Waals surface area contributed by atoms with Crippen LogP contribution in [0, 0.1) is 0 Å². The van der Waals surface area contributed by atoms with Gasteiger partial charge in [0.25, 0.3) is 0 Å². The second-order valence-electron chi connectivity index (χ2n) is 4.09. The predicted octanol–water partition coefficient (Wildman–Crippen LogP) is 0.213. The molecule has 0 aliphatic heterocycles. The first-order valence-electron chi connectivity index (χ1n) is 7.59. The third-order valence-electron chi connectivity index (χ3n) is 2.39. The molecule has 0 aromatic heterocycles. The third kappa shape index (κ3) is 13.2. The summed E-state index contributed by atoms with van der Waals surface area (Å²) in [5, 5.41) is 0. The van der Waals surface area contributed by atoms with Crippen LogP contribution in [-0.2, 0) is 13.3 Å². The number of nitrogens with two attached hydrogens (primary N) is 2. The second kappa shape index (κ2) is 17.2. The minimum atomic E-state index is -2.40. The molecule has 0 aliphatic carbocycles. The third-order valence-corrected chi connectivity index (χ3v) is 6.36. The van der Waals surface area contributed by atoms with Crippen LogP contribution in [0.5, 0.6) is 0 Å².